The van der Waals surface area contributed by atoms with E-state index in [9.17, 15) is 5.26 Å². The fourth-order valence-corrected chi connectivity index (χ4v) is 3.28. The van der Waals surface area contributed by atoms with Crippen molar-refractivity contribution in [1.29, 1.82) is 5.26 Å². The minimum atomic E-state index is 0.565. The van der Waals surface area contributed by atoms with Crippen LogP contribution in [-0.4, -0.2) is 14.2 Å². The number of rotatable bonds is 5. The molecule has 4 nitrogen and oxygen atoms in total. The van der Waals surface area contributed by atoms with Crippen molar-refractivity contribution in [3.8, 4) is 28.0 Å². The molecule has 110 valence electrons. The number of nitrogens with two attached hydrogens (primary N) is 1. The largest absolute Gasteiger partial charge is 0.497 e. The Labute approximate surface area is 128 Å². The van der Waals surface area contributed by atoms with Gasteiger partial charge in [0.15, 0.2) is 0 Å². The lowest BCUT2D eigenvalue weighted by Gasteiger charge is -2.09. The van der Waals surface area contributed by atoms with Gasteiger partial charge in [-0.25, -0.2) is 0 Å². The van der Waals surface area contributed by atoms with Gasteiger partial charge in [-0.15, -0.1) is 11.3 Å². The summed E-state index contributed by atoms with van der Waals surface area (Å²) < 4.78 is 10.6. The minimum Gasteiger partial charge on any atom is -0.497 e. The van der Waals surface area contributed by atoms with Crippen molar-refractivity contribution in [2.24, 2.45) is 0 Å². The molecule has 1 aromatic carbocycles. The number of anilines is 1. The minimum absolute atomic E-state index is 0.565. The van der Waals surface area contributed by atoms with Crippen molar-refractivity contribution >= 4 is 17.0 Å². The Morgan fingerprint density at radius 3 is 2.29 bits per heavy atom. The van der Waals surface area contributed by atoms with Crippen molar-refractivity contribution in [3.05, 3.63) is 28.6 Å². The number of nitrogens with zero attached hydrogens (tertiary/aromatic N) is 1. The highest BCUT2D eigenvalue weighted by atomic mass is 32.1. The predicted molar refractivity (Wildman–Crippen MR) is 86.0 cm³/mol. The maximum atomic E-state index is 9.20. The summed E-state index contributed by atoms with van der Waals surface area (Å²) in [6, 6.07) is 7.87. The SMILES string of the molecule is CCCc1c(-c2cc(OC)cc(OC)c2)sc(C#N)c1N. The first kappa shape index (κ1) is 15.2. The lowest BCUT2D eigenvalue weighted by atomic mass is 10.0. The Morgan fingerprint density at radius 1 is 1.19 bits per heavy atom. The second-order valence-corrected chi connectivity index (χ2v) is 5.64. The van der Waals surface area contributed by atoms with E-state index in [0.717, 1.165) is 40.3 Å². The summed E-state index contributed by atoms with van der Waals surface area (Å²) in [6.07, 6.45) is 1.82. The van der Waals surface area contributed by atoms with Crippen LogP contribution in [0.4, 0.5) is 5.69 Å². The maximum absolute atomic E-state index is 9.20. The molecular formula is C16H18N2O2S. The van der Waals surface area contributed by atoms with E-state index in [0.29, 0.717) is 10.6 Å². The molecule has 2 N–H and O–H groups in total. The molecule has 0 aliphatic heterocycles. The van der Waals surface area contributed by atoms with Crippen LogP contribution in [0.3, 0.4) is 0 Å². The first-order chi connectivity index (χ1) is 10.1. The fraction of sp³-hybridized carbons (Fsp3) is 0.312. The standard InChI is InChI=1S/C16H18N2O2S/c1-4-5-13-15(18)14(9-17)21-16(13)10-6-11(19-2)8-12(7-10)20-3/h6-8H,4-5,18H2,1-3H3. The molecule has 2 rings (SSSR count). The molecule has 0 spiro atoms. The molecule has 0 radical (unpaired) electrons. The van der Waals surface area contributed by atoms with Crippen LogP contribution < -0.4 is 15.2 Å². The van der Waals surface area contributed by atoms with Crippen LogP contribution in [0.15, 0.2) is 18.2 Å². The molecule has 21 heavy (non-hydrogen) atoms. The summed E-state index contributed by atoms with van der Waals surface area (Å²) in [4.78, 5) is 1.58. The van der Waals surface area contributed by atoms with E-state index in [-0.39, 0.29) is 0 Å². The van der Waals surface area contributed by atoms with Gasteiger partial charge < -0.3 is 15.2 Å². The van der Waals surface area contributed by atoms with Gasteiger partial charge in [0.25, 0.3) is 0 Å². The van der Waals surface area contributed by atoms with Crippen molar-refractivity contribution in [1.82, 2.24) is 0 Å². The topological polar surface area (TPSA) is 68.3 Å². The molecule has 0 unspecified atom stereocenters. The van der Waals surface area contributed by atoms with E-state index < -0.39 is 0 Å². The lowest BCUT2D eigenvalue weighted by Crippen LogP contribution is -1.94. The van der Waals surface area contributed by atoms with Gasteiger partial charge in [0.05, 0.1) is 19.9 Å². The summed E-state index contributed by atoms with van der Waals surface area (Å²) in [5, 5.41) is 9.20. The third-order valence-corrected chi connectivity index (χ3v) is 4.46. The molecule has 2 aromatic rings. The first-order valence-corrected chi connectivity index (χ1v) is 7.50. The third-order valence-electron chi connectivity index (χ3n) is 3.26. The number of methoxy groups -OCH3 is 2. The number of ether oxygens (including phenoxy) is 2. The van der Waals surface area contributed by atoms with Crippen LogP contribution in [0.5, 0.6) is 11.5 Å². The van der Waals surface area contributed by atoms with Crippen molar-refractivity contribution in [2.75, 3.05) is 20.0 Å². The van der Waals surface area contributed by atoms with E-state index in [1.165, 1.54) is 11.3 Å². The highest BCUT2D eigenvalue weighted by molar-refractivity contribution is 7.16. The van der Waals surface area contributed by atoms with Crippen LogP contribution in [0.25, 0.3) is 10.4 Å². The van der Waals surface area contributed by atoms with E-state index in [1.54, 1.807) is 14.2 Å². The molecule has 1 heterocycles. The predicted octanol–water partition coefficient (Wildman–Crippen LogP) is 3.84. The molecule has 0 fully saturated rings. The van der Waals surface area contributed by atoms with Gasteiger partial charge in [-0.05, 0) is 29.7 Å². The Balaban J connectivity index is 2.63. The van der Waals surface area contributed by atoms with Gasteiger partial charge in [0, 0.05) is 10.9 Å². The number of thiophene rings is 1. The number of hydrogen-bond acceptors (Lipinski definition) is 5. The van der Waals surface area contributed by atoms with Gasteiger partial charge in [-0.3, -0.25) is 0 Å². The van der Waals surface area contributed by atoms with Crippen LogP contribution in [0, 0.1) is 11.3 Å². The molecule has 1 aromatic heterocycles. The number of benzene rings is 1. The average molecular weight is 302 g/mol. The molecule has 0 atom stereocenters. The monoisotopic (exact) mass is 302 g/mol. The van der Waals surface area contributed by atoms with E-state index in [2.05, 4.69) is 13.0 Å². The zero-order valence-electron chi connectivity index (χ0n) is 12.4. The average Bonchev–Trinajstić information content (AvgIpc) is 2.83. The smallest absolute Gasteiger partial charge is 0.128 e. The highest BCUT2D eigenvalue weighted by Crippen LogP contribution is 2.41. The lowest BCUT2D eigenvalue weighted by molar-refractivity contribution is 0.394. The summed E-state index contributed by atoms with van der Waals surface area (Å²) in [5.41, 5.74) is 8.70. The molecule has 0 aliphatic rings. The van der Waals surface area contributed by atoms with Gasteiger partial charge in [0.2, 0.25) is 0 Å². The highest BCUT2D eigenvalue weighted by Gasteiger charge is 2.17. The Hall–Kier alpha value is -2.19. The van der Waals surface area contributed by atoms with Crippen LogP contribution in [0.2, 0.25) is 0 Å². The molecule has 0 bridgehead atoms. The van der Waals surface area contributed by atoms with Crippen LogP contribution in [-0.2, 0) is 6.42 Å². The first-order valence-electron chi connectivity index (χ1n) is 6.69. The van der Waals surface area contributed by atoms with E-state index >= 15 is 0 Å². The van der Waals surface area contributed by atoms with Crippen molar-refractivity contribution < 1.29 is 9.47 Å². The quantitative estimate of drug-likeness (QED) is 0.911. The van der Waals surface area contributed by atoms with E-state index in [4.69, 9.17) is 15.2 Å². The normalized spacial score (nSPS) is 10.2. The number of nitrogen functional groups attached to an aromatic ring is 1. The van der Waals surface area contributed by atoms with Gasteiger partial charge in [-0.2, -0.15) is 5.26 Å². The fourth-order valence-electron chi connectivity index (χ4n) is 2.23. The molecule has 0 saturated carbocycles. The van der Waals surface area contributed by atoms with Crippen LogP contribution >= 0.6 is 11.3 Å². The Bertz CT molecular complexity index is 664. The van der Waals surface area contributed by atoms with Gasteiger partial charge in [-0.1, -0.05) is 13.3 Å². The molecule has 5 heteroatoms. The molecule has 0 aliphatic carbocycles. The molecule has 0 amide bonds. The van der Waals surface area contributed by atoms with Gasteiger partial charge >= 0.3 is 0 Å². The number of nitriles is 1. The summed E-state index contributed by atoms with van der Waals surface area (Å²) in [5.74, 6) is 1.44. The van der Waals surface area contributed by atoms with E-state index in [1.807, 2.05) is 18.2 Å². The van der Waals surface area contributed by atoms with Crippen molar-refractivity contribution in [3.63, 3.8) is 0 Å². The van der Waals surface area contributed by atoms with Crippen molar-refractivity contribution in [2.45, 2.75) is 19.8 Å². The summed E-state index contributed by atoms with van der Waals surface area (Å²) in [6.45, 7) is 2.10. The Morgan fingerprint density at radius 2 is 1.81 bits per heavy atom. The maximum Gasteiger partial charge on any atom is 0.128 e. The number of hydrogen-bond donors (Lipinski definition) is 1. The third kappa shape index (κ3) is 2.96. The summed E-state index contributed by atoms with van der Waals surface area (Å²) >= 11 is 1.42. The summed E-state index contributed by atoms with van der Waals surface area (Å²) in [7, 11) is 3.24. The second kappa shape index (κ2) is 6.51. The second-order valence-electron chi connectivity index (χ2n) is 4.62. The van der Waals surface area contributed by atoms with Crippen LogP contribution in [0.1, 0.15) is 23.8 Å². The zero-order valence-corrected chi connectivity index (χ0v) is 13.2. The zero-order chi connectivity index (χ0) is 15.4. The molecular weight excluding hydrogens is 284 g/mol. The van der Waals surface area contributed by atoms with Gasteiger partial charge in [0.1, 0.15) is 22.4 Å². The Kier molecular flexibility index (Phi) is 4.71. The molecule has 0 saturated heterocycles.